The van der Waals surface area contributed by atoms with Crippen molar-refractivity contribution in [3.8, 4) is 0 Å². The molecule has 2 atom stereocenters. The van der Waals surface area contributed by atoms with Crippen LogP contribution < -0.4 is 0 Å². The van der Waals surface area contributed by atoms with Gasteiger partial charge in [-0.1, -0.05) is 24.6 Å². The van der Waals surface area contributed by atoms with E-state index in [0.717, 1.165) is 41.2 Å². The highest BCUT2D eigenvalue weighted by atomic mass is 127. The summed E-state index contributed by atoms with van der Waals surface area (Å²) in [5.41, 5.74) is -0.441. The van der Waals surface area contributed by atoms with E-state index < -0.39 is 23.5 Å². The van der Waals surface area contributed by atoms with Crippen molar-refractivity contribution in [2.75, 3.05) is 0 Å². The third kappa shape index (κ3) is 2.59. The van der Waals surface area contributed by atoms with Crippen molar-refractivity contribution in [3.63, 3.8) is 0 Å². The van der Waals surface area contributed by atoms with Gasteiger partial charge >= 0.3 is 5.97 Å². The second-order valence-corrected chi connectivity index (χ2v) is 7.17. The Labute approximate surface area is 138 Å². The zero-order valence-corrected chi connectivity index (χ0v) is 14.1. The molecule has 0 radical (unpaired) electrons. The molecule has 1 saturated carbocycles. The Morgan fingerprint density at radius 1 is 1.29 bits per heavy atom. The highest BCUT2D eigenvalue weighted by Crippen LogP contribution is 2.51. The summed E-state index contributed by atoms with van der Waals surface area (Å²) < 4.78 is 13.3. The SMILES string of the molecule is C[C@]1(C(=O)O)OC2(CCCCC2)O[C@@H]1c1ccccc1I. The minimum atomic E-state index is -1.33. The average Bonchev–Trinajstić information content (AvgIpc) is 2.74. The first-order valence-electron chi connectivity index (χ1n) is 7.33. The summed E-state index contributed by atoms with van der Waals surface area (Å²) in [5.74, 6) is -1.69. The Balaban J connectivity index is 2.01. The zero-order chi connectivity index (χ0) is 15.1. The van der Waals surface area contributed by atoms with Gasteiger partial charge in [-0.15, -0.1) is 0 Å². The molecule has 1 spiro atoms. The van der Waals surface area contributed by atoms with Crippen LogP contribution in [-0.2, 0) is 14.3 Å². The second kappa shape index (κ2) is 5.52. The standard InChI is InChI=1S/C16H19IO4/c1-15(14(18)19)13(11-7-3-4-8-12(11)17)20-16(21-15)9-5-2-6-10-16/h3-4,7-8,13H,2,5-6,9-10H2,1H3,(H,18,19)/t13-,15+/m1/s1. The molecular formula is C16H19IO4. The lowest BCUT2D eigenvalue weighted by molar-refractivity contribution is -0.211. The topological polar surface area (TPSA) is 55.8 Å². The minimum Gasteiger partial charge on any atom is -0.479 e. The van der Waals surface area contributed by atoms with Gasteiger partial charge in [0.05, 0.1) is 0 Å². The molecule has 1 heterocycles. The van der Waals surface area contributed by atoms with Gasteiger partial charge in [-0.3, -0.25) is 0 Å². The van der Waals surface area contributed by atoms with Crippen molar-refractivity contribution >= 4 is 28.6 Å². The Kier molecular flexibility index (Phi) is 4.00. The predicted octanol–water partition coefficient (Wildman–Crippen LogP) is 3.88. The maximum atomic E-state index is 11.8. The zero-order valence-electron chi connectivity index (χ0n) is 12.0. The Hall–Kier alpha value is -0.660. The summed E-state index contributed by atoms with van der Waals surface area (Å²) >= 11 is 2.22. The number of carbonyl (C=O) groups is 1. The Morgan fingerprint density at radius 3 is 2.57 bits per heavy atom. The number of benzene rings is 1. The van der Waals surface area contributed by atoms with Gasteiger partial charge in [0.2, 0.25) is 0 Å². The molecule has 0 amide bonds. The van der Waals surface area contributed by atoms with Gasteiger partial charge in [-0.25, -0.2) is 4.79 Å². The van der Waals surface area contributed by atoms with E-state index in [-0.39, 0.29) is 0 Å². The van der Waals surface area contributed by atoms with E-state index in [1.807, 2.05) is 24.3 Å². The lowest BCUT2D eigenvalue weighted by atomic mass is 9.93. The van der Waals surface area contributed by atoms with Gasteiger partial charge in [-0.2, -0.15) is 0 Å². The molecule has 0 bridgehead atoms. The first kappa shape index (κ1) is 15.2. The third-order valence-corrected chi connectivity index (χ3v) is 5.44. The van der Waals surface area contributed by atoms with E-state index in [1.165, 1.54) is 0 Å². The number of aliphatic carboxylic acids is 1. The number of carboxylic acid groups (broad SMARTS) is 1. The van der Waals surface area contributed by atoms with Crippen LogP contribution in [0, 0.1) is 3.57 Å². The molecule has 2 aliphatic rings. The summed E-state index contributed by atoms with van der Waals surface area (Å²) in [4.78, 5) is 11.8. The van der Waals surface area contributed by atoms with E-state index in [2.05, 4.69) is 22.6 Å². The fourth-order valence-electron chi connectivity index (χ4n) is 3.31. The van der Waals surface area contributed by atoms with Crippen LogP contribution in [0.25, 0.3) is 0 Å². The molecule has 21 heavy (non-hydrogen) atoms. The first-order chi connectivity index (χ1) is 9.97. The number of carboxylic acids is 1. The van der Waals surface area contributed by atoms with Crippen LogP contribution in [0.1, 0.15) is 50.7 Å². The third-order valence-electron chi connectivity index (χ3n) is 4.46. The van der Waals surface area contributed by atoms with Crippen molar-refractivity contribution in [1.82, 2.24) is 0 Å². The Bertz CT molecular complexity index is 553. The van der Waals surface area contributed by atoms with Crippen LogP contribution in [0.15, 0.2) is 24.3 Å². The largest absolute Gasteiger partial charge is 0.479 e. The molecule has 0 aromatic heterocycles. The van der Waals surface area contributed by atoms with Gasteiger partial charge in [0, 0.05) is 16.4 Å². The first-order valence-corrected chi connectivity index (χ1v) is 8.41. The summed E-state index contributed by atoms with van der Waals surface area (Å²) in [7, 11) is 0. The van der Waals surface area contributed by atoms with E-state index in [9.17, 15) is 9.90 Å². The van der Waals surface area contributed by atoms with E-state index in [1.54, 1.807) is 6.92 Å². The van der Waals surface area contributed by atoms with Crippen molar-refractivity contribution in [2.24, 2.45) is 0 Å². The highest BCUT2D eigenvalue weighted by molar-refractivity contribution is 14.1. The Morgan fingerprint density at radius 2 is 1.95 bits per heavy atom. The van der Waals surface area contributed by atoms with Gasteiger partial charge in [0.1, 0.15) is 6.10 Å². The number of hydrogen-bond donors (Lipinski definition) is 1. The van der Waals surface area contributed by atoms with Crippen LogP contribution in [0.3, 0.4) is 0 Å². The number of hydrogen-bond acceptors (Lipinski definition) is 3. The molecular weight excluding hydrogens is 383 g/mol. The normalized spacial score (nSPS) is 31.4. The molecule has 1 aliphatic carbocycles. The number of halogens is 1. The minimum absolute atomic E-state index is 0.568. The van der Waals surface area contributed by atoms with Crippen LogP contribution >= 0.6 is 22.6 Å². The summed E-state index contributed by atoms with van der Waals surface area (Å²) in [6.07, 6.45) is 4.18. The molecule has 1 aliphatic heterocycles. The van der Waals surface area contributed by atoms with E-state index in [4.69, 9.17) is 9.47 Å². The van der Waals surface area contributed by atoms with Crippen molar-refractivity contribution in [1.29, 1.82) is 0 Å². The molecule has 2 fully saturated rings. The number of ether oxygens (including phenoxy) is 2. The lowest BCUT2D eigenvalue weighted by Crippen LogP contribution is -2.42. The maximum absolute atomic E-state index is 11.8. The molecule has 4 nitrogen and oxygen atoms in total. The van der Waals surface area contributed by atoms with Crippen molar-refractivity contribution < 1.29 is 19.4 Å². The van der Waals surface area contributed by atoms with E-state index in [0.29, 0.717) is 0 Å². The van der Waals surface area contributed by atoms with Crippen LogP contribution in [0.4, 0.5) is 0 Å². The van der Waals surface area contributed by atoms with Crippen molar-refractivity contribution in [3.05, 3.63) is 33.4 Å². The van der Waals surface area contributed by atoms with Crippen LogP contribution in [-0.4, -0.2) is 22.5 Å². The van der Waals surface area contributed by atoms with E-state index >= 15 is 0 Å². The van der Waals surface area contributed by atoms with Gasteiger partial charge in [0.15, 0.2) is 11.4 Å². The smallest absolute Gasteiger partial charge is 0.338 e. The van der Waals surface area contributed by atoms with Gasteiger partial charge in [-0.05, 0) is 54.0 Å². The molecule has 1 saturated heterocycles. The van der Waals surface area contributed by atoms with Crippen LogP contribution in [0.2, 0.25) is 0 Å². The molecule has 114 valence electrons. The summed E-state index contributed by atoms with van der Waals surface area (Å²) in [6.45, 7) is 1.63. The fraction of sp³-hybridized carbons (Fsp3) is 0.562. The molecule has 1 N–H and O–H groups in total. The second-order valence-electron chi connectivity index (χ2n) is 6.01. The molecule has 1 aromatic carbocycles. The maximum Gasteiger partial charge on any atom is 0.338 e. The van der Waals surface area contributed by atoms with Gasteiger partial charge < -0.3 is 14.6 Å². The average molecular weight is 402 g/mol. The fourth-order valence-corrected chi connectivity index (χ4v) is 3.98. The molecule has 0 unspecified atom stereocenters. The summed E-state index contributed by atoms with van der Waals surface area (Å²) in [5, 5.41) is 9.70. The molecule has 3 rings (SSSR count). The van der Waals surface area contributed by atoms with Crippen molar-refractivity contribution in [2.45, 2.75) is 56.5 Å². The highest BCUT2D eigenvalue weighted by Gasteiger charge is 2.59. The lowest BCUT2D eigenvalue weighted by Gasteiger charge is -2.32. The van der Waals surface area contributed by atoms with Crippen LogP contribution in [0.5, 0.6) is 0 Å². The monoisotopic (exact) mass is 402 g/mol. The van der Waals surface area contributed by atoms with Gasteiger partial charge in [0.25, 0.3) is 0 Å². The molecule has 5 heteroatoms. The predicted molar refractivity (Wildman–Crippen MR) is 85.9 cm³/mol. The number of rotatable bonds is 2. The summed E-state index contributed by atoms with van der Waals surface area (Å²) in [6, 6.07) is 7.75. The molecule has 1 aromatic rings. The quantitative estimate of drug-likeness (QED) is 0.763.